The highest BCUT2D eigenvalue weighted by molar-refractivity contribution is 5.61. The van der Waals surface area contributed by atoms with E-state index in [1.165, 1.54) is 17.7 Å². The van der Waals surface area contributed by atoms with E-state index in [0.29, 0.717) is 18.1 Å². The maximum absolute atomic E-state index is 13.0. The molecule has 0 bridgehead atoms. The van der Waals surface area contributed by atoms with Gasteiger partial charge in [-0.05, 0) is 45.0 Å². The van der Waals surface area contributed by atoms with Crippen LogP contribution in [0.1, 0.15) is 26.3 Å². The Morgan fingerprint density at radius 3 is 2.32 bits per heavy atom. The van der Waals surface area contributed by atoms with Gasteiger partial charge in [-0.3, -0.25) is 14.8 Å². The van der Waals surface area contributed by atoms with Crippen molar-refractivity contribution in [2.24, 2.45) is 0 Å². The molecule has 2 fully saturated rings. The summed E-state index contributed by atoms with van der Waals surface area (Å²) >= 11 is 0. The second-order valence-corrected chi connectivity index (χ2v) is 8.47. The highest BCUT2D eigenvalue weighted by Crippen LogP contribution is 2.47. The maximum Gasteiger partial charge on any atom is 0.293 e. The number of morpholine rings is 1. The van der Waals surface area contributed by atoms with E-state index in [4.69, 9.17) is 4.74 Å². The van der Waals surface area contributed by atoms with Gasteiger partial charge in [-0.15, -0.1) is 0 Å². The van der Waals surface area contributed by atoms with E-state index in [1.54, 1.807) is 12.1 Å². The van der Waals surface area contributed by atoms with Gasteiger partial charge in [0.1, 0.15) is 11.4 Å². The molecular formula is C23H25FN4O3. The van der Waals surface area contributed by atoms with Gasteiger partial charge in [-0.25, -0.2) is 9.37 Å². The summed E-state index contributed by atoms with van der Waals surface area (Å²) in [6, 6.07) is 14.4. The second-order valence-electron chi connectivity index (χ2n) is 8.47. The van der Waals surface area contributed by atoms with Crippen molar-refractivity contribution < 1.29 is 18.7 Å². The summed E-state index contributed by atoms with van der Waals surface area (Å²) < 4.78 is 23.4. The molecule has 162 valence electrons. The number of ether oxygens (including phenoxy) is 2. The summed E-state index contributed by atoms with van der Waals surface area (Å²) in [7, 11) is 0. The number of nitrogens with zero attached hydrogens (tertiary/aromatic N) is 3. The van der Waals surface area contributed by atoms with Gasteiger partial charge < -0.3 is 9.47 Å². The predicted molar refractivity (Wildman–Crippen MR) is 113 cm³/mol. The highest BCUT2D eigenvalue weighted by Gasteiger charge is 2.58. The first-order valence-electron chi connectivity index (χ1n) is 10.1. The Labute approximate surface area is 180 Å². The van der Waals surface area contributed by atoms with Gasteiger partial charge in [0.25, 0.3) is 6.47 Å². The molecule has 5 rings (SSSR count). The molecule has 8 heteroatoms. The van der Waals surface area contributed by atoms with Gasteiger partial charge in [0.15, 0.2) is 17.4 Å². The number of aromatic nitrogens is 3. The normalized spacial score (nSPS) is 21.6. The van der Waals surface area contributed by atoms with Gasteiger partial charge in [0.2, 0.25) is 0 Å². The SMILES string of the molecule is CC(C)(C)OC=O.Fc1ccc(-c2nc(-c3ccc(C45CN4CCO5)cc3)n[nH]2)cc1. The third-order valence-corrected chi connectivity index (χ3v) is 5.11. The molecular weight excluding hydrogens is 399 g/mol. The number of carbonyl (C=O) groups excluding carboxylic acids is 1. The zero-order valence-corrected chi connectivity index (χ0v) is 17.8. The molecule has 2 atom stereocenters. The van der Waals surface area contributed by atoms with Crippen molar-refractivity contribution in [1.82, 2.24) is 20.1 Å². The van der Waals surface area contributed by atoms with Crippen LogP contribution in [-0.4, -0.2) is 51.9 Å². The number of H-pyrrole nitrogens is 1. The Bertz CT molecular complexity index is 1040. The van der Waals surface area contributed by atoms with Crippen LogP contribution in [0.2, 0.25) is 0 Å². The van der Waals surface area contributed by atoms with Crippen LogP contribution in [0.5, 0.6) is 0 Å². The number of halogens is 1. The number of rotatable bonds is 4. The van der Waals surface area contributed by atoms with Crippen LogP contribution in [0, 0.1) is 5.82 Å². The molecule has 2 aliphatic rings. The minimum Gasteiger partial charge on any atom is -0.462 e. The van der Waals surface area contributed by atoms with E-state index in [9.17, 15) is 9.18 Å². The van der Waals surface area contributed by atoms with Crippen LogP contribution < -0.4 is 0 Å². The second kappa shape index (κ2) is 8.20. The Morgan fingerprint density at radius 1 is 1.13 bits per heavy atom. The molecule has 3 aromatic rings. The van der Waals surface area contributed by atoms with Gasteiger partial charge >= 0.3 is 0 Å². The first-order chi connectivity index (χ1) is 14.8. The van der Waals surface area contributed by atoms with Crippen molar-refractivity contribution in [3.8, 4) is 22.8 Å². The van der Waals surface area contributed by atoms with E-state index >= 15 is 0 Å². The lowest BCUT2D eigenvalue weighted by Gasteiger charge is -2.14. The average molecular weight is 424 g/mol. The topological polar surface area (TPSA) is 80.1 Å². The Balaban J connectivity index is 0.000000289. The molecule has 2 aliphatic heterocycles. The molecule has 2 saturated heterocycles. The third-order valence-electron chi connectivity index (χ3n) is 5.11. The summed E-state index contributed by atoms with van der Waals surface area (Å²) in [5, 5.41) is 7.18. The molecule has 0 amide bonds. The van der Waals surface area contributed by atoms with Crippen molar-refractivity contribution in [3.63, 3.8) is 0 Å². The summed E-state index contributed by atoms with van der Waals surface area (Å²) in [5.41, 5.74) is 2.42. The number of hydrogen-bond donors (Lipinski definition) is 1. The molecule has 1 N–H and O–H groups in total. The molecule has 0 saturated carbocycles. The summed E-state index contributed by atoms with van der Waals surface area (Å²) in [4.78, 5) is 16.4. The van der Waals surface area contributed by atoms with Crippen LogP contribution in [0.3, 0.4) is 0 Å². The lowest BCUT2D eigenvalue weighted by atomic mass is 10.1. The number of benzene rings is 2. The van der Waals surface area contributed by atoms with E-state index in [2.05, 4.69) is 37.0 Å². The molecule has 7 nitrogen and oxygen atoms in total. The first kappa shape index (κ1) is 21.1. The molecule has 0 spiro atoms. The Kier molecular flexibility index (Phi) is 5.60. The largest absolute Gasteiger partial charge is 0.462 e. The van der Waals surface area contributed by atoms with Gasteiger partial charge in [-0.2, -0.15) is 5.10 Å². The van der Waals surface area contributed by atoms with Crippen molar-refractivity contribution in [2.45, 2.75) is 32.1 Å². The smallest absolute Gasteiger partial charge is 0.293 e. The fourth-order valence-corrected chi connectivity index (χ4v) is 3.45. The lowest BCUT2D eigenvalue weighted by molar-refractivity contribution is -0.138. The van der Waals surface area contributed by atoms with Crippen LogP contribution in [-0.2, 0) is 20.0 Å². The zero-order chi connectivity index (χ0) is 22.1. The van der Waals surface area contributed by atoms with Crippen LogP contribution >= 0.6 is 0 Å². The molecule has 0 aliphatic carbocycles. The van der Waals surface area contributed by atoms with Gasteiger partial charge in [0.05, 0.1) is 6.61 Å². The Morgan fingerprint density at radius 2 is 1.81 bits per heavy atom. The van der Waals surface area contributed by atoms with Crippen molar-refractivity contribution in [2.75, 3.05) is 19.7 Å². The van der Waals surface area contributed by atoms with Crippen LogP contribution in [0.25, 0.3) is 22.8 Å². The monoisotopic (exact) mass is 424 g/mol. The van der Waals surface area contributed by atoms with Crippen LogP contribution in [0.4, 0.5) is 4.39 Å². The van der Waals surface area contributed by atoms with E-state index < -0.39 is 0 Å². The quantitative estimate of drug-likeness (QED) is 0.508. The summed E-state index contributed by atoms with van der Waals surface area (Å²) in [6.07, 6.45) is 0. The van der Waals surface area contributed by atoms with Gasteiger partial charge in [-0.1, -0.05) is 24.3 Å². The number of carbonyl (C=O) groups is 1. The molecule has 31 heavy (non-hydrogen) atoms. The zero-order valence-electron chi connectivity index (χ0n) is 17.8. The maximum atomic E-state index is 13.0. The van der Waals surface area contributed by atoms with E-state index in [-0.39, 0.29) is 17.1 Å². The van der Waals surface area contributed by atoms with Crippen LogP contribution in [0.15, 0.2) is 48.5 Å². The fraction of sp³-hybridized carbons (Fsp3) is 0.348. The van der Waals surface area contributed by atoms with E-state index in [1.807, 2.05) is 32.9 Å². The summed E-state index contributed by atoms with van der Waals surface area (Å²) in [6.45, 7) is 8.69. The number of fused-ring (bicyclic) bond motifs is 1. The van der Waals surface area contributed by atoms with Gasteiger partial charge in [0, 0.05) is 29.8 Å². The van der Waals surface area contributed by atoms with Crippen molar-refractivity contribution in [3.05, 3.63) is 59.9 Å². The number of aromatic amines is 1. The number of nitrogens with one attached hydrogen (secondary N) is 1. The molecule has 3 heterocycles. The van der Waals surface area contributed by atoms with E-state index in [0.717, 1.165) is 30.8 Å². The molecule has 1 aromatic heterocycles. The lowest BCUT2D eigenvalue weighted by Crippen LogP contribution is -2.17. The minimum absolute atomic E-state index is 0.184. The molecule has 2 aromatic carbocycles. The van der Waals surface area contributed by atoms with Crippen molar-refractivity contribution in [1.29, 1.82) is 0 Å². The fourth-order valence-electron chi connectivity index (χ4n) is 3.45. The minimum atomic E-state index is -0.318. The average Bonchev–Trinajstić information content (AvgIpc) is 3.07. The predicted octanol–water partition coefficient (Wildman–Crippen LogP) is 3.73. The first-order valence-corrected chi connectivity index (χ1v) is 10.1. The summed E-state index contributed by atoms with van der Waals surface area (Å²) in [5.74, 6) is 0.982. The highest BCUT2D eigenvalue weighted by atomic mass is 19.1. The van der Waals surface area contributed by atoms with Crippen molar-refractivity contribution >= 4 is 6.47 Å². The number of hydrogen-bond acceptors (Lipinski definition) is 6. The molecule has 0 radical (unpaired) electrons. The third kappa shape index (κ3) is 4.65. The standard InChI is InChI=1S/C18H15FN4O.C5H10O2/c19-15-7-3-13(4-8-15)17-20-16(21-22-17)12-1-5-14(6-2-12)18-11-23(18)9-10-24-18;1-5(2,3)7-4-6/h1-8H,9-11H2,(H,20,21,22);4H,1-3H3. The Hall–Kier alpha value is -3.10. The molecule has 2 unspecified atom stereocenters.